The number of aliphatic carboxylic acids is 1. The van der Waals surface area contributed by atoms with Crippen LogP contribution in [0.2, 0.25) is 0 Å². The molecule has 0 spiro atoms. The SMILES string of the molecule is CN(C(=O)C1(C(=O)O)CCC1)C1CCOC1. The van der Waals surface area contributed by atoms with Gasteiger partial charge in [-0.3, -0.25) is 9.59 Å². The predicted octanol–water partition coefficient (Wildman–Crippen LogP) is 0.489. The zero-order chi connectivity index (χ0) is 11.8. The number of carbonyl (C=O) groups is 2. The fourth-order valence-corrected chi connectivity index (χ4v) is 2.38. The van der Waals surface area contributed by atoms with Crippen molar-refractivity contribution in [1.29, 1.82) is 0 Å². The van der Waals surface area contributed by atoms with E-state index in [9.17, 15) is 9.59 Å². The molecule has 5 nitrogen and oxygen atoms in total. The molecule has 1 aliphatic heterocycles. The van der Waals surface area contributed by atoms with Gasteiger partial charge in [0.1, 0.15) is 5.41 Å². The first-order chi connectivity index (χ1) is 7.58. The van der Waals surface area contributed by atoms with Gasteiger partial charge in [0.15, 0.2) is 0 Å². The zero-order valence-electron chi connectivity index (χ0n) is 9.44. The molecule has 2 rings (SSSR count). The number of rotatable bonds is 3. The molecular weight excluding hydrogens is 210 g/mol. The van der Waals surface area contributed by atoms with Crippen molar-refractivity contribution in [2.75, 3.05) is 20.3 Å². The molecule has 2 fully saturated rings. The minimum atomic E-state index is -1.14. The number of nitrogens with zero attached hydrogens (tertiary/aromatic N) is 1. The Morgan fingerprint density at radius 3 is 2.50 bits per heavy atom. The van der Waals surface area contributed by atoms with Crippen LogP contribution in [0.3, 0.4) is 0 Å². The summed E-state index contributed by atoms with van der Waals surface area (Å²) in [5.41, 5.74) is -1.14. The smallest absolute Gasteiger partial charge is 0.319 e. The van der Waals surface area contributed by atoms with E-state index in [4.69, 9.17) is 9.84 Å². The normalized spacial score (nSPS) is 27.2. The number of hydrogen-bond acceptors (Lipinski definition) is 3. The molecule has 0 aromatic rings. The number of carboxylic acid groups (broad SMARTS) is 1. The van der Waals surface area contributed by atoms with Gasteiger partial charge in [-0.25, -0.2) is 0 Å². The first kappa shape index (κ1) is 11.4. The highest BCUT2D eigenvalue weighted by Gasteiger charge is 2.53. The van der Waals surface area contributed by atoms with E-state index in [1.165, 1.54) is 0 Å². The fraction of sp³-hybridized carbons (Fsp3) is 0.818. The highest BCUT2D eigenvalue weighted by atomic mass is 16.5. The summed E-state index contributed by atoms with van der Waals surface area (Å²) in [7, 11) is 1.69. The molecule has 1 atom stereocenters. The molecule has 0 aromatic carbocycles. The van der Waals surface area contributed by atoms with Crippen LogP contribution >= 0.6 is 0 Å². The van der Waals surface area contributed by atoms with Gasteiger partial charge in [0.2, 0.25) is 5.91 Å². The minimum Gasteiger partial charge on any atom is -0.480 e. The van der Waals surface area contributed by atoms with Gasteiger partial charge < -0.3 is 14.7 Å². The van der Waals surface area contributed by atoms with Crippen LogP contribution in [-0.4, -0.2) is 48.2 Å². The van der Waals surface area contributed by atoms with Crippen molar-refractivity contribution in [1.82, 2.24) is 4.90 Å². The van der Waals surface area contributed by atoms with Gasteiger partial charge in [0, 0.05) is 13.7 Å². The average molecular weight is 227 g/mol. The lowest BCUT2D eigenvalue weighted by Crippen LogP contribution is -2.54. The number of ether oxygens (including phenoxy) is 1. The lowest BCUT2D eigenvalue weighted by molar-refractivity contribution is -0.167. The molecule has 0 bridgehead atoms. The van der Waals surface area contributed by atoms with Gasteiger partial charge in [-0.15, -0.1) is 0 Å². The summed E-state index contributed by atoms with van der Waals surface area (Å²) in [5.74, 6) is -1.23. The molecule has 1 saturated carbocycles. The van der Waals surface area contributed by atoms with Crippen LogP contribution in [-0.2, 0) is 14.3 Å². The van der Waals surface area contributed by atoms with Gasteiger partial charge in [0.25, 0.3) is 0 Å². The number of carboxylic acids is 1. The maximum Gasteiger partial charge on any atom is 0.319 e. The second-order valence-electron chi connectivity index (χ2n) is 4.67. The number of amides is 1. The van der Waals surface area contributed by atoms with Crippen molar-refractivity contribution in [3.05, 3.63) is 0 Å². The van der Waals surface area contributed by atoms with Crippen molar-refractivity contribution in [3.63, 3.8) is 0 Å². The van der Waals surface area contributed by atoms with E-state index in [0.29, 0.717) is 26.1 Å². The number of hydrogen-bond donors (Lipinski definition) is 1. The molecule has 1 amide bonds. The maximum atomic E-state index is 12.2. The Hall–Kier alpha value is -1.10. The quantitative estimate of drug-likeness (QED) is 0.712. The van der Waals surface area contributed by atoms with Crippen LogP contribution in [0.15, 0.2) is 0 Å². The standard InChI is InChI=1S/C11H17NO4/c1-12(8-3-6-16-7-8)9(13)11(10(14)15)4-2-5-11/h8H,2-7H2,1H3,(H,14,15). The van der Waals surface area contributed by atoms with Crippen LogP contribution in [0, 0.1) is 5.41 Å². The molecule has 2 aliphatic rings. The Morgan fingerprint density at radius 1 is 1.44 bits per heavy atom. The zero-order valence-corrected chi connectivity index (χ0v) is 9.44. The van der Waals surface area contributed by atoms with Crippen molar-refractivity contribution in [2.24, 2.45) is 5.41 Å². The van der Waals surface area contributed by atoms with Crippen LogP contribution in [0.1, 0.15) is 25.7 Å². The van der Waals surface area contributed by atoms with E-state index in [-0.39, 0.29) is 11.9 Å². The maximum absolute atomic E-state index is 12.2. The summed E-state index contributed by atoms with van der Waals surface area (Å²) in [6.07, 6.45) is 2.57. The van der Waals surface area contributed by atoms with E-state index in [1.807, 2.05) is 0 Å². The van der Waals surface area contributed by atoms with Gasteiger partial charge in [-0.2, -0.15) is 0 Å². The summed E-state index contributed by atoms with van der Waals surface area (Å²) in [6.45, 7) is 1.18. The third-order valence-electron chi connectivity index (χ3n) is 3.80. The Bertz CT molecular complexity index is 305. The van der Waals surface area contributed by atoms with E-state index in [0.717, 1.165) is 12.8 Å². The van der Waals surface area contributed by atoms with Crippen molar-refractivity contribution in [3.8, 4) is 0 Å². The van der Waals surface area contributed by atoms with Crippen molar-refractivity contribution in [2.45, 2.75) is 31.7 Å². The summed E-state index contributed by atoms with van der Waals surface area (Å²) < 4.78 is 5.21. The number of likely N-dealkylation sites (N-methyl/N-ethyl adjacent to an activating group) is 1. The van der Waals surface area contributed by atoms with Crippen LogP contribution in [0.4, 0.5) is 0 Å². The molecule has 90 valence electrons. The topological polar surface area (TPSA) is 66.8 Å². The Labute approximate surface area is 94.4 Å². The summed E-state index contributed by atoms with van der Waals surface area (Å²) >= 11 is 0. The van der Waals surface area contributed by atoms with Crippen LogP contribution in [0.5, 0.6) is 0 Å². The lowest BCUT2D eigenvalue weighted by Gasteiger charge is -2.40. The summed E-state index contributed by atoms with van der Waals surface area (Å²) in [5, 5.41) is 9.17. The van der Waals surface area contributed by atoms with Gasteiger partial charge >= 0.3 is 5.97 Å². The molecule has 0 radical (unpaired) electrons. The molecule has 1 aliphatic carbocycles. The first-order valence-electron chi connectivity index (χ1n) is 5.66. The van der Waals surface area contributed by atoms with E-state index in [1.54, 1.807) is 11.9 Å². The molecule has 16 heavy (non-hydrogen) atoms. The van der Waals surface area contributed by atoms with Gasteiger partial charge in [0.05, 0.1) is 12.6 Å². The lowest BCUT2D eigenvalue weighted by atomic mass is 9.67. The molecule has 5 heteroatoms. The Balaban J connectivity index is 2.08. The van der Waals surface area contributed by atoms with Crippen LogP contribution < -0.4 is 0 Å². The summed E-state index contributed by atoms with van der Waals surface area (Å²) in [6, 6.07) is 0.0457. The monoisotopic (exact) mass is 227 g/mol. The largest absolute Gasteiger partial charge is 0.480 e. The van der Waals surface area contributed by atoms with E-state index in [2.05, 4.69) is 0 Å². The van der Waals surface area contributed by atoms with Gasteiger partial charge in [-0.1, -0.05) is 6.42 Å². The van der Waals surface area contributed by atoms with E-state index >= 15 is 0 Å². The second kappa shape index (κ2) is 4.05. The molecule has 0 aromatic heterocycles. The van der Waals surface area contributed by atoms with Gasteiger partial charge in [-0.05, 0) is 19.3 Å². The van der Waals surface area contributed by atoms with E-state index < -0.39 is 11.4 Å². The highest BCUT2D eigenvalue weighted by Crippen LogP contribution is 2.43. The summed E-state index contributed by atoms with van der Waals surface area (Å²) in [4.78, 5) is 24.9. The third kappa shape index (κ3) is 1.59. The average Bonchev–Trinajstić information content (AvgIpc) is 2.66. The first-order valence-corrected chi connectivity index (χ1v) is 5.66. The van der Waals surface area contributed by atoms with Crippen molar-refractivity contribution >= 4 is 11.9 Å². The van der Waals surface area contributed by atoms with Crippen molar-refractivity contribution < 1.29 is 19.4 Å². The minimum absolute atomic E-state index is 0.0457. The number of carbonyl (C=O) groups excluding carboxylic acids is 1. The Morgan fingerprint density at radius 2 is 2.12 bits per heavy atom. The highest BCUT2D eigenvalue weighted by molar-refractivity contribution is 6.02. The second-order valence-corrected chi connectivity index (χ2v) is 4.67. The van der Waals surface area contributed by atoms with Crippen LogP contribution in [0.25, 0.3) is 0 Å². The molecule has 1 unspecified atom stereocenters. The predicted molar refractivity (Wildman–Crippen MR) is 55.9 cm³/mol. The third-order valence-corrected chi connectivity index (χ3v) is 3.80. The molecule has 1 saturated heterocycles. The molecular formula is C11H17NO4. The molecule has 1 N–H and O–H groups in total. The fourth-order valence-electron chi connectivity index (χ4n) is 2.38. The Kier molecular flexibility index (Phi) is 2.88. The molecule has 1 heterocycles.